The molecule has 0 aromatic heterocycles. The molecule has 9 aliphatic carbocycles. The summed E-state index contributed by atoms with van der Waals surface area (Å²) in [6.45, 7) is 14.5. The molecule has 0 amide bonds. The Kier molecular flexibility index (Phi) is 13.1. The van der Waals surface area contributed by atoms with Gasteiger partial charge in [-0.05, 0) is 0 Å². The first-order valence-corrected chi connectivity index (χ1v) is 37.8. The molecule has 79 heavy (non-hydrogen) atoms. The summed E-state index contributed by atoms with van der Waals surface area (Å²) in [4.78, 5) is 0. The molecular formula is C74H88O2S2Ti. The summed E-state index contributed by atoms with van der Waals surface area (Å²) in [5, 5.41) is 28.4. The number of hydrogen-bond donors (Lipinski definition) is 2. The Hall–Kier alpha value is -3.67. The Balaban J connectivity index is 0.886. The second kappa shape index (κ2) is 19.5. The normalized spacial score (nSPS) is 35.3. The van der Waals surface area contributed by atoms with E-state index < -0.39 is 15.5 Å². The summed E-state index contributed by atoms with van der Waals surface area (Å²) >= 11 is -0.420. The van der Waals surface area contributed by atoms with E-state index >= 15 is 0 Å². The van der Waals surface area contributed by atoms with Crippen LogP contribution in [-0.2, 0) is 70.3 Å². The zero-order valence-electron chi connectivity index (χ0n) is 48.5. The number of fused-ring (bicyclic) bond motifs is 1. The van der Waals surface area contributed by atoms with E-state index in [1.165, 1.54) is 146 Å². The van der Waals surface area contributed by atoms with Crippen LogP contribution in [0.15, 0.2) is 146 Å². The molecule has 412 valence electrons. The first-order valence-electron chi connectivity index (χ1n) is 31.0. The molecule has 8 bridgehead atoms. The fraction of sp³-hybridized carbons (Fsp3) is 0.514. The van der Waals surface area contributed by atoms with Crippen LogP contribution in [0, 0.1) is 11.8 Å². The second-order valence-electron chi connectivity index (χ2n) is 30.0. The van der Waals surface area contributed by atoms with Gasteiger partial charge in [0.05, 0.1) is 0 Å². The molecule has 2 N–H and O–H groups in total. The van der Waals surface area contributed by atoms with Crippen LogP contribution in [0.3, 0.4) is 0 Å². The molecule has 6 aromatic carbocycles. The van der Waals surface area contributed by atoms with Crippen LogP contribution in [0.1, 0.15) is 213 Å². The fourth-order valence-corrected chi connectivity index (χ4v) is 41.0. The molecule has 2 nitrogen and oxygen atoms in total. The molecule has 6 aromatic rings. The number of rotatable bonds is 10. The van der Waals surface area contributed by atoms with Crippen LogP contribution in [-0.4, -0.2) is 20.7 Å². The van der Waals surface area contributed by atoms with Crippen molar-refractivity contribution >= 4 is 15.9 Å². The Labute approximate surface area is 485 Å². The third-order valence-electron chi connectivity index (χ3n) is 22.6. The number of hydrogen-bond acceptors (Lipinski definition) is 2. The predicted octanol–water partition coefficient (Wildman–Crippen LogP) is 19.2. The molecule has 8 atom stereocenters. The monoisotopic (exact) mass is 1120 g/mol. The van der Waals surface area contributed by atoms with E-state index in [4.69, 9.17) is 0 Å². The van der Waals surface area contributed by atoms with E-state index in [1.807, 2.05) is 0 Å². The van der Waals surface area contributed by atoms with Gasteiger partial charge in [-0.25, -0.2) is 0 Å². The van der Waals surface area contributed by atoms with Crippen molar-refractivity contribution in [2.75, 3.05) is 0 Å². The Morgan fingerprint density at radius 1 is 0.405 bits per heavy atom. The topological polar surface area (TPSA) is 40.5 Å². The Morgan fingerprint density at radius 3 is 1.00 bits per heavy atom. The molecular weight excluding hydrogens is 1030 g/mol. The summed E-state index contributed by atoms with van der Waals surface area (Å²) in [5.41, 5.74) is 14.1. The van der Waals surface area contributed by atoms with Crippen molar-refractivity contribution in [3.63, 3.8) is 0 Å². The maximum atomic E-state index is 13.5. The van der Waals surface area contributed by atoms with Crippen molar-refractivity contribution in [2.24, 2.45) is 11.8 Å². The zero-order valence-corrected chi connectivity index (χ0v) is 51.7. The average Bonchev–Trinajstić information content (AvgIpc) is 3.79. The van der Waals surface area contributed by atoms with Crippen LogP contribution in [0.2, 0.25) is 0 Å². The van der Waals surface area contributed by atoms with Crippen LogP contribution >= 0.6 is 15.9 Å². The van der Waals surface area contributed by atoms with Crippen molar-refractivity contribution in [1.29, 1.82) is 0 Å². The van der Waals surface area contributed by atoms with E-state index in [0.717, 1.165) is 47.7 Å². The summed E-state index contributed by atoms with van der Waals surface area (Å²) in [7, 11) is 0.481. The van der Waals surface area contributed by atoms with Crippen molar-refractivity contribution in [3.8, 4) is 11.5 Å². The first kappa shape index (κ1) is 53.3. The standard InChI is InChI=1S/C74H88O2S2.Ti/c1-67(2,3)59-33-53(65(75)61(35-59)73-41-51-37-69(47-73,55-23-13-9-14-24-55)45-70(38-51,48-73)56-25-15-10-16-26-56)43-77-63-31-21-7-8-22-32-64(63)78-44-54-34-60(68(4,5)6)36-62(66(54)76)74-42-52-39-71(49-74,57-27-17-11-18-28-57)46-72(40-52,50-74)58-29-19-12-20-30-58;/h9-20,23-30,33-36,51-52,63-64,75-76H,7-8,21-22,31-32,37-50H2,1-6H3;/t51?,52?,63-,64-,69?,70?,71?,72?,73?,74?;/m0./s1. The number of phenols is 2. The quantitative estimate of drug-likeness (QED) is 0.134. The second-order valence-corrected chi connectivity index (χ2v) is 41.5. The van der Waals surface area contributed by atoms with Crippen molar-refractivity contribution < 1.29 is 25.7 Å². The van der Waals surface area contributed by atoms with Gasteiger partial charge in [-0.2, -0.15) is 0 Å². The summed E-state index contributed by atoms with van der Waals surface area (Å²) in [6.07, 6.45) is 22.4. The number of benzene rings is 6. The van der Waals surface area contributed by atoms with Gasteiger partial charge in [0.2, 0.25) is 0 Å². The van der Waals surface area contributed by atoms with Gasteiger partial charge in [-0.1, -0.05) is 0 Å². The molecule has 16 rings (SSSR count). The number of aromatic hydroxyl groups is 2. The van der Waals surface area contributed by atoms with E-state index in [-0.39, 0.29) is 59.3 Å². The molecule has 1 heterocycles. The third kappa shape index (κ3) is 9.05. The van der Waals surface area contributed by atoms with Crippen LogP contribution in [0.4, 0.5) is 0 Å². The van der Waals surface area contributed by atoms with Crippen LogP contribution in [0.25, 0.3) is 0 Å². The summed E-state index contributed by atoms with van der Waals surface area (Å²) in [5.74, 6) is 4.65. The van der Waals surface area contributed by atoms with Crippen molar-refractivity contribution in [3.05, 3.63) is 201 Å². The van der Waals surface area contributed by atoms with E-state index in [1.54, 1.807) is 0 Å². The third-order valence-corrected chi connectivity index (χ3v) is 38.6. The van der Waals surface area contributed by atoms with Gasteiger partial charge >= 0.3 is 489 Å². The SMILES string of the molecule is CC(C)(C)c1cc(C[S]2=[Ti]=[S](Cc3cc(C(C)(C)C)cc(C45CC6CC(c7ccccc7)(CC(c7ccccc7)(C6)C4)C5)c3O)[C@H]3CCCCCC[C@@H]32)c(O)c(C23CC4CC(c5ccccc5)(CC(c5ccccc5)(C4)C2)C3)c1. The number of phenolic OH excluding ortho intramolecular Hbond substituents is 2. The van der Waals surface area contributed by atoms with E-state index in [0.29, 0.717) is 23.3 Å². The molecule has 5 heteroatoms. The minimum absolute atomic E-state index is 0.0403. The predicted molar refractivity (Wildman–Crippen MR) is 330 cm³/mol. The Morgan fingerprint density at radius 2 is 0.696 bits per heavy atom. The molecule has 0 radical (unpaired) electrons. The first-order chi connectivity index (χ1) is 37.9. The molecule has 0 spiro atoms. The van der Waals surface area contributed by atoms with Crippen molar-refractivity contribution in [1.82, 2.24) is 0 Å². The van der Waals surface area contributed by atoms with Gasteiger partial charge in [0, 0.05) is 0 Å². The van der Waals surface area contributed by atoms with Gasteiger partial charge in [0.15, 0.2) is 0 Å². The van der Waals surface area contributed by atoms with E-state index in [9.17, 15) is 10.2 Å². The van der Waals surface area contributed by atoms with E-state index in [2.05, 4.69) is 187 Å². The van der Waals surface area contributed by atoms with Gasteiger partial charge in [-0.15, -0.1) is 0 Å². The van der Waals surface area contributed by atoms with Crippen LogP contribution < -0.4 is 0 Å². The molecule has 10 aliphatic rings. The molecule has 9 fully saturated rings. The average molecular weight is 1120 g/mol. The Bertz CT molecular complexity index is 3050. The van der Waals surface area contributed by atoms with Crippen LogP contribution in [0.5, 0.6) is 11.5 Å². The minimum atomic E-state index is -0.420. The maximum absolute atomic E-state index is 13.5. The van der Waals surface area contributed by atoms with Gasteiger partial charge in [-0.3, -0.25) is 0 Å². The zero-order chi connectivity index (χ0) is 54.2. The van der Waals surface area contributed by atoms with Gasteiger partial charge < -0.3 is 0 Å². The molecule has 9 saturated carbocycles. The summed E-state index contributed by atoms with van der Waals surface area (Å²) in [6, 6.07) is 56.6. The van der Waals surface area contributed by atoms with Gasteiger partial charge in [0.25, 0.3) is 0 Å². The molecule has 0 saturated heterocycles. The fourth-order valence-electron chi connectivity index (χ4n) is 20.2. The van der Waals surface area contributed by atoms with Gasteiger partial charge in [0.1, 0.15) is 0 Å². The van der Waals surface area contributed by atoms with Crippen molar-refractivity contribution in [2.45, 2.75) is 222 Å². The molecule has 6 unspecified atom stereocenters. The molecule has 1 aliphatic heterocycles. The summed E-state index contributed by atoms with van der Waals surface area (Å²) < 4.78 is 0.